The Labute approximate surface area is 113 Å². The number of hydrogen-bond acceptors (Lipinski definition) is 4. The molecule has 4 nitrogen and oxygen atoms in total. The number of benzene rings is 1. The minimum atomic E-state index is -0.314. The molecule has 0 amide bonds. The molecule has 0 saturated carbocycles. The minimum Gasteiger partial charge on any atom is -0.339 e. The number of hydrogen-bond donors (Lipinski definition) is 1. The fourth-order valence-corrected chi connectivity index (χ4v) is 2.03. The first kappa shape index (κ1) is 13.2. The van der Waals surface area contributed by atoms with E-state index in [0.29, 0.717) is 34.7 Å². The zero-order chi connectivity index (χ0) is 13.1. The van der Waals surface area contributed by atoms with E-state index in [2.05, 4.69) is 26.1 Å². The lowest BCUT2D eigenvalue weighted by Gasteiger charge is -2.02. The molecule has 0 fully saturated rings. The number of rotatable bonds is 4. The Morgan fingerprint density at radius 2 is 2.28 bits per heavy atom. The average molecular weight is 314 g/mol. The second-order valence-corrected chi connectivity index (χ2v) is 5.04. The third-order valence-corrected chi connectivity index (χ3v) is 3.22. The lowest BCUT2D eigenvalue weighted by atomic mass is 10.1. The van der Waals surface area contributed by atoms with Crippen molar-refractivity contribution in [2.75, 3.05) is 6.54 Å². The van der Waals surface area contributed by atoms with Crippen LogP contribution in [0.2, 0.25) is 0 Å². The van der Waals surface area contributed by atoms with Gasteiger partial charge in [0.15, 0.2) is 0 Å². The van der Waals surface area contributed by atoms with Crippen molar-refractivity contribution in [3.05, 3.63) is 34.4 Å². The average Bonchev–Trinajstić information content (AvgIpc) is 2.77. The SMILES string of the molecule is CC(CN)Cc1nc(-c2ccc(F)cc2Br)no1. The molecule has 0 aliphatic carbocycles. The Kier molecular flexibility index (Phi) is 4.08. The number of halogens is 2. The summed E-state index contributed by atoms with van der Waals surface area (Å²) in [6, 6.07) is 4.34. The van der Waals surface area contributed by atoms with Gasteiger partial charge in [-0.3, -0.25) is 0 Å². The fraction of sp³-hybridized carbons (Fsp3) is 0.333. The van der Waals surface area contributed by atoms with Crippen molar-refractivity contribution in [3.8, 4) is 11.4 Å². The van der Waals surface area contributed by atoms with E-state index in [1.54, 1.807) is 6.07 Å². The Balaban J connectivity index is 2.24. The predicted molar refractivity (Wildman–Crippen MR) is 69.3 cm³/mol. The maximum atomic E-state index is 13.0. The molecule has 2 rings (SSSR count). The summed E-state index contributed by atoms with van der Waals surface area (Å²) < 4.78 is 18.7. The Morgan fingerprint density at radius 1 is 1.50 bits per heavy atom. The molecule has 2 N–H and O–H groups in total. The van der Waals surface area contributed by atoms with Crippen molar-refractivity contribution in [1.82, 2.24) is 10.1 Å². The van der Waals surface area contributed by atoms with Gasteiger partial charge in [0.05, 0.1) is 0 Å². The molecule has 6 heteroatoms. The summed E-state index contributed by atoms with van der Waals surface area (Å²) in [5, 5.41) is 3.88. The van der Waals surface area contributed by atoms with Gasteiger partial charge in [0.25, 0.3) is 0 Å². The van der Waals surface area contributed by atoms with Gasteiger partial charge >= 0.3 is 0 Å². The molecule has 0 aliphatic heterocycles. The van der Waals surface area contributed by atoms with Crippen LogP contribution in [-0.4, -0.2) is 16.7 Å². The highest BCUT2D eigenvalue weighted by Gasteiger charge is 2.13. The molecule has 0 spiro atoms. The van der Waals surface area contributed by atoms with E-state index in [1.807, 2.05) is 6.92 Å². The molecule has 0 bridgehead atoms. The maximum absolute atomic E-state index is 13.0. The van der Waals surface area contributed by atoms with E-state index in [0.717, 1.165) is 0 Å². The van der Waals surface area contributed by atoms with E-state index >= 15 is 0 Å². The summed E-state index contributed by atoms with van der Waals surface area (Å²) in [6.07, 6.45) is 0.641. The lowest BCUT2D eigenvalue weighted by Crippen LogP contribution is -2.13. The van der Waals surface area contributed by atoms with Crippen LogP contribution in [0.5, 0.6) is 0 Å². The number of nitrogens with zero attached hydrogens (tertiary/aromatic N) is 2. The van der Waals surface area contributed by atoms with Crippen LogP contribution in [-0.2, 0) is 6.42 Å². The van der Waals surface area contributed by atoms with Gasteiger partial charge in [0.2, 0.25) is 11.7 Å². The molecule has 1 heterocycles. The fourth-order valence-electron chi connectivity index (χ4n) is 1.50. The van der Waals surface area contributed by atoms with Crippen molar-refractivity contribution < 1.29 is 8.91 Å². The normalized spacial score (nSPS) is 12.7. The van der Waals surface area contributed by atoms with E-state index in [-0.39, 0.29) is 11.7 Å². The van der Waals surface area contributed by atoms with Gasteiger partial charge in [-0.2, -0.15) is 4.98 Å². The first-order valence-electron chi connectivity index (χ1n) is 5.58. The summed E-state index contributed by atoms with van der Waals surface area (Å²) in [5.41, 5.74) is 6.24. The van der Waals surface area contributed by atoms with E-state index in [9.17, 15) is 4.39 Å². The van der Waals surface area contributed by atoms with E-state index < -0.39 is 0 Å². The maximum Gasteiger partial charge on any atom is 0.227 e. The highest BCUT2D eigenvalue weighted by Crippen LogP contribution is 2.26. The molecular weight excluding hydrogens is 301 g/mol. The Bertz CT molecular complexity index is 544. The molecule has 1 unspecified atom stereocenters. The molecule has 1 aromatic heterocycles. The van der Waals surface area contributed by atoms with Crippen molar-refractivity contribution in [1.29, 1.82) is 0 Å². The van der Waals surface area contributed by atoms with Crippen molar-refractivity contribution >= 4 is 15.9 Å². The third-order valence-electron chi connectivity index (χ3n) is 2.57. The third kappa shape index (κ3) is 2.94. The van der Waals surface area contributed by atoms with Gasteiger partial charge in [-0.25, -0.2) is 4.39 Å². The molecule has 0 aliphatic rings. The van der Waals surface area contributed by atoms with Crippen LogP contribution < -0.4 is 5.73 Å². The Hall–Kier alpha value is -1.27. The van der Waals surface area contributed by atoms with E-state index in [1.165, 1.54) is 12.1 Å². The molecule has 2 aromatic rings. The standard InChI is InChI=1S/C12H13BrFN3O/c1-7(6-15)4-11-16-12(17-18-11)9-3-2-8(14)5-10(9)13/h2-3,5,7H,4,6,15H2,1H3. The summed E-state index contributed by atoms with van der Waals surface area (Å²) >= 11 is 3.28. The van der Waals surface area contributed by atoms with Gasteiger partial charge < -0.3 is 10.3 Å². The van der Waals surface area contributed by atoms with Crippen LogP contribution in [0.1, 0.15) is 12.8 Å². The Morgan fingerprint density at radius 3 is 2.94 bits per heavy atom. The summed E-state index contributed by atoms with van der Waals surface area (Å²) in [5.74, 6) is 0.960. The lowest BCUT2D eigenvalue weighted by molar-refractivity contribution is 0.359. The van der Waals surface area contributed by atoms with Gasteiger partial charge in [-0.1, -0.05) is 12.1 Å². The van der Waals surface area contributed by atoms with Crippen molar-refractivity contribution in [3.63, 3.8) is 0 Å². The van der Waals surface area contributed by atoms with Crippen molar-refractivity contribution in [2.45, 2.75) is 13.3 Å². The van der Waals surface area contributed by atoms with Crippen LogP contribution in [0.4, 0.5) is 4.39 Å². The van der Waals surface area contributed by atoms with Gasteiger partial charge in [-0.15, -0.1) is 0 Å². The summed E-state index contributed by atoms with van der Waals surface area (Å²) in [4.78, 5) is 4.27. The quantitative estimate of drug-likeness (QED) is 0.942. The predicted octanol–water partition coefficient (Wildman–Crippen LogP) is 2.78. The van der Waals surface area contributed by atoms with Gasteiger partial charge in [0.1, 0.15) is 5.82 Å². The van der Waals surface area contributed by atoms with Gasteiger partial charge in [-0.05, 0) is 46.6 Å². The first-order valence-corrected chi connectivity index (χ1v) is 6.37. The molecule has 96 valence electrons. The number of nitrogens with two attached hydrogens (primary N) is 1. The highest BCUT2D eigenvalue weighted by atomic mass is 79.9. The topological polar surface area (TPSA) is 64.9 Å². The first-order chi connectivity index (χ1) is 8.60. The van der Waals surface area contributed by atoms with Crippen LogP contribution >= 0.6 is 15.9 Å². The monoisotopic (exact) mass is 313 g/mol. The molecule has 18 heavy (non-hydrogen) atoms. The zero-order valence-corrected chi connectivity index (χ0v) is 11.4. The minimum absolute atomic E-state index is 0.287. The largest absolute Gasteiger partial charge is 0.339 e. The molecule has 1 aromatic carbocycles. The summed E-state index contributed by atoms with van der Waals surface area (Å²) in [7, 11) is 0. The van der Waals surface area contributed by atoms with Crippen LogP contribution in [0, 0.1) is 11.7 Å². The van der Waals surface area contributed by atoms with E-state index in [4.69, 9.17) is 10.3 Å². The van der Waals surface area contributed by atoms with Gasteiger partial charge in [0, 0.05) is 16.5 Å². The summed E-state index contributed by atoms with van der Waals surface area (Å²) in [6.45, 7) is 2.58. The number of aromatic nitrogens is 2. The molecular formula is C12H13BrFN3O. The van der Waals surface area contributed by atoms with Crippen molar-refractivity contribution in [2.24, 2.45) is 11.7 Å². The van der Waals surface area contributed by atoms with Crippen LogP contribution in [0.15, 0.2) is 27.2 Å². The molecule has 0 radical (unpaired) electrons. The smallest absolute Gasteiger partial charge is 0.227 e. The second kappa shape index (κ2) is 5.58. The molecule has 1 atom stereocenters. The molecule has 0 saturated heterocycles. The van der Waals surface area contributed by atoms with Crippen LogP contribution in [0.3, 0.4) is 0 Å². The second-order valence-electron chi connectivity index (χ2n) is 4.18. The highest BCUT2D eigenvalue weighted by molar-refractivity contribution is 9.10. The zero-order valence-electron chi connectivity index (χ0n) is 9.86. The van der Waals surface area contributed by atoms with Crippen LogP contribution in [0.25, 0.3) is 11.4 Å².